The molecule has 2 heterocycles. The number of anilines is 2. The second-order valence-electron chi connectivity index (χ2n) is 4.32. The number of nitrogens with one attached hydrogen (secondary N) is 2. The number of nitrogens with zero attached hydrogens (tertiary/aromatic N) is 2. The van der Waals surface area contributed by atoms with E-state index < -0.39 is 12.8 Å². The molecule has 5 nitrogen and oxygen atoms in total. The Bertz CT molecular complexity index is 614. The molecular weight excluding hydrogens is 305 g/mol. The first-order valence-electron chi connectivity index (χ1n) is 6.23. The SMILES string of the molecule is CNc1nc(NCCOCC(F)(F)F)c2cc(C)sc2n1. The molecule has 0 bridgehead atoms. The normalized spacial score (nSPS) is 11.9. The van der Waals surface area contributed by atoms with Crippen LogP contribution in [-0.2, 0) is 4.74 Å². The zero-order valence-electron chi connectivity index (χ0n) is 11.5. The van der Waals surface area contributed by atoms with E-state index in [2.05, 4.69) is 25.3 Å². The van der Waals surface area contributed by atoms with Crippen LogP contribution in [0.15, 0.2) is 6.07 Å². The topological polar surface area (TPSA) is 59.1 Å². The Kier molecular flexibility index (Phi) is 4.84. The standard InChI is InChI=1S/C12H15F3N4OS/c1-7-5-8-9(17-3-4-20-6-12(13,14)15)18-11(16-2)19-10(8)21-7/h5H,3-4,6H2,1-2H3,(H2,16,17,18,19). The van der Waals surface area contributed by atoms with E-state index in [1.807, 2.05) is 13.0 Å². The van der Waals surface area contributed by atoms with Crippen molar-refractivity contribution in [1.82, 2.24) is 9.97 Å². The van der Waals surface area contributed by atoms with Crippen LogP contribution >= 0.6 is 11.3 Å². The van der Waals surface area contributed by atoms with Crippen molar-refractivity contribution in [2.24, 2.45) is 0 Å². The number of ether oxygens (including phenoxy) is 1. The van der Waals surface area contributed by atoms with Gasteiger partial charge in [0, 0.05) is 18.5 Å². The molecule has 0 saturated carbocycles. The van der Waals surface area contributed by atoms with Gasteiger partial charge in [-0.15, -0.1) is 11.3 Å². The van der Waals surface area contributed by atoms with E-state index in [0.29, 0.717) is 11.8 Å². The van der Waals surface area contributed by atoms with E-state index in [-0.39, 0.29) is 13.2 Å². The Morgan fingerprint density at radius 3 is 2.76 bits per heavy atom. The molecule has 0 amide bonds. The maximum Gasteiger partial charge on any atom is 0.411 e. The van der Waals surface area contributed by atoms with Crippen molar-refractivity contribution >= 4 is 33.3 Å². The predicted molar refractivity (Wildman–Crippen MR) is 77.1 cm³/mol. The minimum absolute atomic E-state index is 0.0526. The fourth-order valence-corrected chi connectivity index (χ4v) is 2.60. The summed E-state index contributed by atoms with van der Waals surface area (Å²) < 4.78 is 40.4. The summed E-state index contributed by atoms with van der Waals surface area (Å²) in [6.45, 7) is 0.901. The van der Waals surface area contributed by atoms with Crippen molar-refractivity contribution in [3.63, 3.8) is 0 Å². The van der Waals surface area contributed by atoms with Gasteiger partial charge in [-0.05, 0) is 13.0 Å². The van der Waals surface area contributed by atoms with Gasteiger partial charge in [0.05, 0.1) is 12.0 Å². The Balaban J connectivity index is 2.00. The van der Waals surface area contributed by atoms with Crippen LogP contribution in [0.5, 0.6) is 0 Å². The molecule has 0 aliphatic heterocycles. The quantitative estimate of drug-likeness (QED) is 0.801. The smallest absolute Gasteiger partial charge is 0.370 e. The second-order valence-corrected chi connectivity index (χ2v) is 5.55. The Labute approximate surface area is 123 Å². The third-order valence-electron chi connectivity index (χ3n) is 2.54. The third kappa shape index (κ3) is 4.43. The van der Waals surface area contributed by atoms with Crippen molar-refractivity contribution in [1.29, 1.82) is 0 Å². The second kappa shape index (κ2) is 6.44. The summed E-state index contributed by atoms with van der Waals surface area (Å²) in [5.74, 6) is 1.05. The zero-order chi connectivity index (χ0) is 15.5. The summed E-state index contributed by atoms with van der Waals surface area (Å²) in [6.07, 6.45) is -4.30. The van der Waals surface area contributed by atoms with Gasteiger partial charge in [0.25, 0.3) is 0 Å². The highest BCUT2D eigenvalue weighted by Crippen LogP contribution is 2.29. The number of hydrogen-bond donors (Lipinski definition) is 2. The number of hydrogen-bond acceptors (Lipinski definition) is 6. The lowest BCUT2D eigenvalue weighted by Gasteiger charge is -2.10. The first-order chi connectivity index (χ1) is 9.89. The van der Waals surface area contributed by atoms with Crippen LogP contribution in [0.25, 0.3) is 10.2 Å². The van der Waals surface area contributed by atoms with Gasteiger partial charge in [-0.1, -0.05) is 0 Å². The molecule has 2 N–H and O–H groups in total. The van der Waals surface area contributed by atoms with Gasteiger partial charge in [-0.25, -0.2) is 4.98 Å². The summed E-state index contributed by atoms with van der Waals surface area (Å²) in [4.78, 5) is 10.5. The van der Waals surface area contributed by atoms with Crippen LogP contribution in [0.3, 0.4) is 0 Å². The first kappa shape index (κ1) is 15.8. The minimum atomic E-state index is -4.30. The molecule has 21 heavy (non-hydrogen) atoms. The molecule has 0 aromatic carbocycles. The first-order valence-corrected chi connectivity index (χ1v) is 7.05. The number of aromatic nitrogens is 2. The van der Waals surface area contributed by atoms with Crippen LogP contribution in [0.2, 0.25) is 0 Å². The van der Waals surface area contributed by atoms with Gasteiger partial charge in [0.1, 0.15) is 17.3 Å². The van der Waals surface area contributed by atoms with Gasteiger partial charge in [-0.3, -0.25) is 0 Å². The fraction of sp³-hybridized carbons (Fsp3) is 0.500. The van der Waals surface area contributed by atoms with Gasteiger partial charge in [0.15, 0.2) is 0 Å². The number of halogens is 3. The Hall–Kier alpha value is -1.61. The number of aryl methyl sites for hydroxylation is 1. The van der Waals surface area contributed by atoms with E-state index in [4.69, 9.17) is 0 Å². The van der Waals surface area contributed by atoms with Crippen LogP contribution in [0.4, 0.5) is 24.9 Å². The molecule has 116 valence electrons. The van der Waals surface area contributed by atoms with Gasteiger partial charge >= 0.3 is 6.18 Å². The molecule has 0 atom stereocenters. The number of fused-ring (bicyclic) bond motifs is 1. The van der Waals surface area contributed by atoms with Crippen molar-refractivity contribution < 1.29 is 17.9 Å². The Morgan fingerprint density at radius 2 is 2.10 bits per heavy atom. The fourth-order valence-electron chi connectivity index (χ4n) is 1.72. The summed E-state index contributed by atoms with van der Waals surface area (Å²) >= 11 is 1.53. The number of rotatable bonds is 6. The monoisotopic (exact) mass is 320 g/mol. The van der Waals surface area contributed by atoms with Crippen molar-refractivity contribution in [3.8, 4) is 0 Å². The molecule has 0 fully saturated rings. The van der Waals surface area contributed by atoms with Crippen LogP contribution in [0, 0.1) is 6.92 Å². The summed E-state index contributed by atoms with van der Waals surface area (Å²) in [5.41, 5.74) is 0. The maximum absolute atomic E-state index is 11.9. The van der Waals surface area contributed by atoms with E-state index in [0.717, 1.165) is 15.1 Å². The van der Waals surface area contributed by atoms with E-state index >= 15 is 0 Å². The van der Waals surface area contributed by atoms with Gasteiger partial charge in [0.2, 0.25) is 5.95 Å². The molecule has 0 unspecified atom stereocenters. The molecular formula is C12H15F3N4OS. The molecule has 0 radical (unpaired) electrons. The Morgan fingerprint density at radius 1 is 1.33 bits per heavy atom. The van der Waals surface area contributed by atoms with Crippen LogP contribution in [-0.4, -0.2) is 43.0 Å². The van der Waals surface area contributed by atoms with Gasteiger partial charge in [-0.2, -0.15) is 18.2 Å². The zero-order valence-corrected chi connectivity index (χ0v) is 12.4. The molecule has 0 aliphatic rings. The highest BCUT2D eigenvalue weighted by molar-refractivity contribution is 7.18. The molecule has 2 rings (SSSR count). The molecule has 9 heteroatoms. The maximum atomic E-state index is 11.9. The average molecular weight is 320 g/mol. The molecule has 2 aromatic rings. The predicted octanol–water partition coefficient (Wildman–Crippen LogP) is 3.03. The summed E-state index contributed by atoms with van der Waals surface area (Å²) in [7, 11) is 1.71. The van der Waals surface area contributed by atoms with E-state index in [9.17, 15) is 13.2 Å². The molecule has 2 aromatic heterocycles. The lowest BCUT2D eigenvalue weighted by molar-refractivity contribution is -0.172. The average Bonchev–Trinajstić information content (AvgIpc) is 2.77. The third-order valence-corrected chi connectivity index (χ3v) is 3.49. The highest BCUT2D eigenvalue weighted by Gasteiger charge is 2.27. The summed E-state index contributed by atoms with van der Waals surface area (Å²) in [6, 6.07) is 1.94. The van der Waals surface area contributed by atoms with E-state index in [1.54, 1.807) is 7.05 Å². The van der Waals surface area contributed by atoms with E-state index in [1.165, 1.54) is 11.3 Å². The van der Waals surface area contributed by atoms with Crippen LogP contribution in [0.1, 0.15) is 4.88 Å². The van der Waals surface area contributed by atoms with Gasteiger partial charge < -0.3 is 15.4 Å². The highest BCUT2D eigenvalue weighted by atomic mass is 32.1. The van der Waals surface area contributed by atoms with Crippen molar-refractivity contribution in [3.05, 3.63) is 10.9 Å². The minimum Gasteiger partial charge on any atom is -0.370 e. The van der Waals surface area contributed by atoms with Crippen molar-refractivity contribution in [2.75, 3.05) is 37.4 Å². The molecule has 0 spiro atoms. The lowest BCUT2D eigenvalue weighted by Crippen LogP contribution is -2.20. The lowest BCUT2D eigenvalue weighted by atomic mass is 10.3. The number of alkyl halides is 3. The largest absolute Gasteiger partial charge is 0.411 e. The molecule has 0 saturated heterocycles. The van der Waals surface area contributed by atoms with Crippen molar-refractivity contribution in [2.45, 2.75) is 13.1 Å². The number of thiophene rings is 1. The molecule has 0 aliphatic carbocycles. The summed E-state index contributed by atoms with van der Waals surface area (Å²) in [5, 5.41) is 6.69. The van der Waals surface area contributed by atoms with Crippen LogP contribution < -0.4 is 10.6 Å².